The minimum atomic E-state index is -1.42. The third-order valence-electron chi connectivity index (χ3n) is 3.01. The molecule has 0 amide bonds. The Morgan fingerprint density at radius 1 is 1.41 bits per heavy atom. The Morgan fingerprint density at radius 2 is 2.00 bits per heavy atom. The van der Waals surface area contributed by atoms with E-state index in [1.807, 2.05) is 0 Å². The molecule has 0 saturated heterocycles. The summed E-state index contributed by atoms with van der Waals surface area (Å²) < 4.78 is 18.2. The molecule has 0 heterocycles. The lowest BCUT2D eigenvalue weighted by Gasteiger charge is -2.23. The number of Topliss-reactive ketones (excluding diaryl/α,β-unsaturated/α-hetero) is 1. The number of carbonyl (C=O) groups is 1. The number of benzene rings is 1. The first-order valence-electron chi connectivity index (χ1n) is 5.59. The number of halogens is 1. The van der Waals surface area contributed by atoms with Gasteiger partial charge in [-0.05, 0) is 31.0 Å². The van der Waals surface area contributed by atoms with Crippen molar-refractivity contribution >= 4 is 5.78 Å². The average Bonchev–Trinajstić information content (AvgIpc) is 2.36. The van der Waals surface area contributed by atoms with E-state index in [9.17, 15) is 14.3 Å². The molecule has 3 nitrogen and oxygen atoms in total. The van der Waals surface area contributed by atoms with Crippen molar-refractivity contribution in [3.05, 3.63) is 29.6 Å². The second kappa shape index (κ2) is 5.27. The molecule has 0 bridgehead atoms. The molecule has 0 spiro atoms. The fraction of sp³-hybridized carbons (Fsp3) is 0.462. The molecule has 0 unspecified atom stereocenters. The minimum absolute atomic E-state index is 0.0816. The Morgan fingerprint density at radius 3 is 2.41 bits per heavy atom. The van der Waals surface area contributed by atoms with Crippen molar-refractivity contribution in [2.45, 2.75) is 32.3 Å². The van der Waals surface area contributed by atoms with Gasteiger partial charge in [-0.2, -0.15) is 0 Å². The van der Waals surface area contributed by atoms with E-state index in [4.69, 9.17) is 4.74 Å². The number of ketones is 1. The normalized spacial score (nSPS) is 11.4. The number of hydrogen-bond donors (Lipinski definition) is 1. The van der Waals surface area contributed by atoms with E-state index in [1.165, 1.54) is 19.2 Å². The third kappa shape index (κ3) is 2.64. The van der Waals surface area contributed by atoms with Crippen LogP contribution in [0.5, 0.6) is 5.75 Å². The van der Waals surface area contributed by atoms with E-state index in [1.54, 1.807) is 13.8 Å². The van der Waals surface area contributed by atoms with Gasteiger partial charge in [-0.15, -0.1) is 0 Å². The zero-order chi connectivity index (χ0) is 13.1. The molecule has 0 saturated carbocycles. The van der Waals surface area contributed by atoms with Crippen molar-refractivity contribution < 1.29 is 19.0 Å². The molecular formula is C13H17FO3. The van der Waals surface area contributed by atoms with E-state index in [2.05, 4.69) is 0 Å². The molecule has 1 rings (SSSR count). The van der Waals surface area contributed by atoms with Crippen molar-refractivity contribution in [2.24, 2.45) is 0 Å². The van der Waals surface area contributed by atoms with Crippen LogP contribution in [-0.4, -0.2) is 23.6 Å². The van der Waals surface area contributed by atoms with Crippen LogP contribution in [-0.2, 0) is 0 Å². The van der Waals surface area contributed by atoms with Crippen molar-refractivity contribution in [1.29, 1.82) is 0 Å². The van der Waals surface area contributed by atoms with Crippen LogP contribution in [0.3, 0.4) is 0 Å². The fourth-order valence-corrected chi connectivity index (χ4v) is 1.65. The molecule has 0 aliphatic rings. The van der Waals surface area contributed by atoms with Crippen molar-refractivity contribution in [3.8, 4) is 5.75 Å². The highest BCUT2D eigenvalue weighted by molar-refractivity contribution is 6.02. The largest absolute Gasteiger partial charge is 0.494 e. The predicted molar refractivity (Wildman–Crippen MR) is 62.8 cm³/mol. The number of carbonyl (C=O) groups excluding carboxylic acids is 1. The van der Waals surface area contributed by atoms with Gasteiger partial charge >= 0.3 is 0 Å². The van der Waals surface area contributed by atoms with Crippen LogP contribution in [0.15, 0.2) is 18.2 Å². The first-order valence-corrected chi connectivity index (χ1v) is 5.59. The predicted octanol–water partition coefficient (Wildman–Crippen LogP) is 2.57. The Bertz CT molecular complexity index is 411. The van der Waals surface area contributed by atoms with Crippen LogP contribution in [0, 0.1) is 5.82 Å². The second-order valence-electron chi connectivity index (χ2n) is 3.92. The van der Waals surface area contributed by atoms with E-state index in [0.717, 1.165) is 6.07 Å². The fourth-order valence-electron chi connectivity index (χ4n) is 1.65. The van der Waals surface area contributed by atoms with Gasteiger partial charge in [-0.25, -0.2) is 4.39 Å². The van der Waals surface area contributed by atoms with Crippen LogP contribution in [0.4, 0.5) is 4.39 Å². The first kappa shape index (κ1) is 13.6. The molecule has 4 heteroatoms. The molecular weight excluding hydrogens is 223 g/mol. The molecule has 0 aliphatic carbocycles. The molecule has 0 radical (unpaired) electrons. The van der Waals surface area contributed by atoms with Gasteiger partial charge in [-0.1, -0.05) is 13.8 Å². The highest BCUT2D eigenvalue weighted by Gasteiger charge is 2.32. The summed E-state index contributed by atoms with van der Waals surface area (Å²) in [5.41, 5.74) is -1.25. The zero-order valence-corrected chi connectivity index (χ0v) is 10.3. The number of aliphatic hydroxyl groups is 1. The highest BCUT2D eigenvalue weighted by atomic mass is 19.1. The topological polar surface area (TPSA) is 46.5 Å². The Balaban J connectivity index is 3.09. The van der Waals surface area contributed by atoms with Gasteiger partial charge < -0.3 is 9.84 Å². The number of rotatable bonds is 5. The van der Waals surface area contributed by atoms with Gasteiger partial charge in [0.2, 0.25) is 0 Å². The lowest BCUT2D eigenvalue weighted by atomic mass is 9.88. The third-order valence-corrected chi connectivity index (χ3v) is 3.01. The summed E-state index contributed by atoms with van der Waals surface area (Å²) in [6, 6.07) is 3.94. The summed E-state index contributed by atoms with van der Waals surface area (Å²) in [6.07, 6.45) is 0.603. The van der Waals surface area contributed by atoms with Crippen molar-refractivity contribution in [2.75, 3.05) is 7.11 Å². The van der Waals surface area contributed by atoms with E-state index >= 15 is 0 Å². The van der Waals surface area contributed by atoms with Gasteiger partial charge in [-0.3, -0.25) is 4.79 Å². The molecule has 1 N–H and O–H groups in total. The summed E-state index contributed by atoms with van der Waals surface area (Å²) in [7, 11) is 1.36. The summed E-state index contributed by atoms with van der Waals surface area (Å²) >= 11 is 0. The molecule has 17 heavy (non-hydrogen) atoms. The maximum absolute atomic E-state index is 13.4. The lowest BCUT2D eigenvalue weighted by molar-refractivity contribution is 0.0277. The first-order chi connectivity index (χ1) is 7.98. The summed E-state index contributed by atoms with van der Waals surface area (Å²) in [5, 5.41) is 10.1. The lowest BCUT2D eigenvalue weighted by Crippen LogP contribution is -2.37. The van der Waals surface area contributed by atoms with Crippen LogP contribution >= 0.6 is 0 Å². The van der Waals surface area contributed by atoms with Gasteiger partial charge in [0.25, 0.3) is 0 Å². The molecule has 1 aromatic rings. The minimum Gasteiger partial charge on any atom is -0.494 e. The summed E-state index contributed by atoms with van der Waals surface area (Å²) in [4.78, 5) is 12.0. The summed E-state index contributed by atoms with van der Waals surface area (Å²) in [5.74, 6) is -0.977. The number of hydrogen-bond acceptors (Lipinski definition) is 3. The maximum atomic E-state index is 13.4. The monoisotopic (exact) mass is 240 g/mol. The van der Waals surface area contributed by atoms with E-state index < -0.39 is 17.2 Å². The maximum Gasteiger partial charge on any atom is 0.194 e. The Labute approximate surface area is 100 Å². The van der Waals surface area contributed by atoms with Gasteiger partial charge in [0.05, 0.1) is 7.11 Å². The zero-order valence-electron chi connectivity index (χ0n) is 10.3. The van der Waals surface area contributed by atoms with Gasteiger partial charge in [0.1, 0.15) is 5.60 Å². The molecule has 1 aromatic carbocycles. The Hall–Kier alpha value is -1.42. The van der Waals surface area contributed by atoms with Crippen molar-refractivity contribution in [1.82, 2.24) is 0 Å². The molecule has 0 aliphatic heterocycles. The molecule has 94 valence electrons. The smallest absolute Gasteiger partial charge is 0.194 e. The van der Waals surface area contributed by atoms with Crippen LogP contribution < -0.4 is 4.74 Å². The van der Waals surface area contributed by atoms with Crippen LogP contribution in [0.25, 0.3) is 0 Å². The van der Waals surface area contributed by atoms with Gasteiger partial charge in [0.15, 0.2) is 17.3 Å². The second-order valence-corrected chi connectivity index (χ2v) is 3.92. The SMILES string of the molecule is CCC(O)(CC)C(=O)c1ccc(OC)c(F)c1. The highest BCUT2D eigenvalue weighted by Crippen LogP contribution is 2.24. The van der Waals surface area contributed by atoms with E-state index in [-0.39, 0.29) is 11.3 Å². The van der Waals surface area contributed by atoms with Crippen LogP contribution in [0.2, 0.25) is 0 Å². The number of ether oxygens (including phenoxy) is 1. The average molecular weight is 240 g/mol. The molecule has 0 atom stereocenters. The Kier molecular flexibility index (Phi) is 4.23. The number of methoxy groups -OCH3 is 1. The molecule has 0 aromatic heterocycles. The standard InChI is InChI=1S/C13H17FO3/c1-4-13(16,5-2)12(15)9-6-7-11(17-3)10(14)8-9/h6-8,16H,4-5H2,1-3H3. The van der Waals surface area contributed by atoms with Crippen molar-refractivity contribution in [3.63, 3.8) is 0 Å². The molecule has 0 fully saturated rings. The summed E-state index contributed by atoms with van der Waals surface area (Å²) in [6.45, 7) is 3.45. The van der Waals surface area contributed by atoms with Gasteiger partial charge in [0, 0.05) is 5.56 Å². The van der Waals surface area contributed by atoms with E-state index in [0.29, 0.717) is 12.8 Å². The quantitative estimate of drug-likeness (QED) is 0.804. The van der Waals surface area contributed by atoms with Crippen LogP contribution in [0.1, 0.15) is 37.0 Å².